The van der Waals surface area contributed by atoms with E-state index in [-0.39, 0.29) is 12.6 Å². The SMILES string of the molecule is CC(NCC(F)F)C1CCOC1. The van der Waals surface area contributed by atoms with Crippen molar-refractivity contribution in [2.75, 3.05) is 19.8 Å². The maximum atomic E-state index is 11.8. The average molecular weight is 179 g/mol. The second-order valence-electron chi connectivity index (χ2n) is 3.21. The lowest BCUT2D eigenvalue weighted by atomic mass is 10.0. The smallest absolute Gasteiger partial charge is 0.250 e. The normalized spacial score (nSPS) is 26.5. The first-order chi connectivity index (χ1) is 5.70. The van der Waals surface area contributed by atoms with E-state index in [0.29, 0.717) is 12.5 Å². The summed E-state index contributed by atoms with van der Waals surface area (Å²) in [6.07, 6.45) is -1.27. The Balaban J connectivity index is 2.13. The van der Waals surface area contributed by atoms with Crippen molar-refractivity contribution in [3.63, 3.8) is 0 Å². The van der Waals surface area contributed by atoms with Gasteiger partial charge in [-0.3, -0.25) is 0 Å². The highest BCUT2D eigenvalue weighted by Gasteiger charge is 2.22. The molecule has 1 fully saturated rings. The Morgan fingerprint density at radius 2 is 2.33 bits per heavy atom. The number of rotatable bonds is 4. The first kappa shape index (κ1) is 9.86. The van der Waals surface area contributed by atoms with Crippen molar-refractivity contribution in [2.45, 2.75) is 25.8 Å². The van der Waals surface area contributed by atoms with E-state index in [0.717, 1.165) is 13.0 Å². The van der Waals surface area contributed by atoms with E-state index in [2.05, 4.69) is 5.32 Å². The van der Waals surface area contributed by atoms with E-state index in [1.54, 1.807) is 0 Å². The summed E-state index contributed by atoms with van der Waals surface area (Å²) in [5, 5.41) is 2.79. The molecule has 2 unspecified atom stereocenters. The minimum atomic E-state index is -2.25. The number of hydrogen-bond acceptors (Lipinski definition) is 2. The predicted molar refractivity (Wildman–Crippen MR) is 42.4 cm³/mol. The van der Waals surface area contributed by atoms with Gasteiger partial charge in [-0.2, -0.15) is 0 Å². The fourth-order valence-electron chi connectivity index (χ4n) is 1.39. The first-order valence-electron chi connectivity index (χ1n) is 4.29. The van der Waals surface area contributed by atoms with E-state index in [1.165, 1.54) is 0 Å². The number of halogens is 2. The summed E-state index contributed by atoms with van der Waals surface area (Å²) in [4.78, 5) is 0. The van der Waals surface area contributed by atoms with Crippen LogP contribution in [0, 0.1) is 5.92 Å². The van der Waals surface area contributed by atoms with Crippen molar-refractivity contribution in [3.05, 3.63) is 0 Å². The molecule has 12 heavy (non-hydrogen) atoms. The topological polar surface area (TPSA) is 21.3 Å². The van der Waals surface area contributed by atoms with Gasteiger partial charge in [-0.15, -0.1) is 0 Å². The molecule has 0 aromatic heterocycles. The minimum absolute atomic E-state index is 0.140. The maximum Gasteiger partial charge on any atom is 0.250 e. The van der Waals surface area contributed by atoms with Crippen LogP contribution in [0.25, 0.3) is 0 Å². The maximum absolute atomic E-state index is 11.8. The van der Waals surface area contributed by atoms with E-state index in [4.69, 9.17) is 4.74 Å². The number of ether oxygens (including phenoxy) is 1. The van der Waals surface area contributed by atoms with Crippen LogP contribution in [-0.2, 0) is 4.74 Å². The molecule has 1 heterocycles. The molecule has 1 aliphatic rings. The van der Waals surface area contributed by atoms with Crippen molar-refractivity contribution in [2.24, 2.45) is 5.92 Å². The standard InChI is InChI=1S/C8H15F2NO/c1-6(11-4-8(9)10)7-2-3-12-5-7/h6-8,11H,2-5H2,1H3. The lowest BCUT2D eigenvalue weighted by molar-refractivity contribution is 0.133. The summed E-state index contributed by atoms with van der Waals surface area (Å²) in [5.41, 5.74) is 0. The summed E-state index contributed by atoms with van der Waals surface area (Å²) in [5.74, 6) is 0.406. The molecule has 1 saturated heterocycles. The molecule has 2 nitrogen and oxygen atoms in total. The highest BCUT2D eigenvalue weighted by molar-refractivity contribution is 4.75. The Kier molecular flexibility index (Phi) is 3.88. The summed E-state index contributed by atoms with van der Waals surface area (Å²) >= 11 is 0. The van der Waals surface area contributed by atoms with Gasteiger partial charge in [-0.1, -0.05) is 0 Å². The summed E-state index contributed by atoms with van der Waals surface area (Å²) < 4.78 is 28.7. The molecule has 0 amide bonds. The molecule has 4 heteroatoms. The van der Waals surface area contributed by atoms with E-state index in [1.807, 2.05) is 6.92 Å². The molecular weight excluding hydrogens is 164 g/mol. The molecule has 0 aromatic carbocycles. The van der Waals surface area contributed by atoms with Crippen molar-refractivity contribution in [3.8, 4) is 0 Å². The van der Waals surface area contributed by atoms with Crippen LogP contribution in [0.1, 0.15) is 13.3 Å². The predicted octanol–water partition coefficient (Wildman–Crippen LogP) is 1.27. The quantitative estimate of drug-likeness (QED) is 0.701. The lowest BCUT2D eigenvalue weighted by Gasteiger charge is -2.18. The summed E-state index contributed by atoms with van der Waals surface area (Å²) in [6.45, 7) is 3.20. The van der Waals surface area contributed by atoms with Crippen LogP contribution in [-0.4, -0.2) is 32.2 Å². The largest absolute Gasteiger partial charge is 0.381 e. The summed E-state index contributed by atoms with van der Waals surface area (Å²) in [6, 6.07) is 0.140. The zero-order chi connectivity index (χ0) is 8.97. The Bertz CT molecular complexity index is 126. The molecule has 0 saturated carbocycles. The molecule has 0 spiro atoms. The molecule has 1 rings (SSSR count). The van der Waals surface area contributed by atoms with Crippen LogP contribution in [0.15, 0.2) is 0 Å². The molecule has 1 N–H and O–H groups in total. The molecule has 72 valence electrons. The Morgan fingerprint density at radius 3 is 2.83 bits per heavy atom. The van der Waals surface area contributed by atoms with E-state index < -0.39 is 6.43 Å². The molecule has 0 aliphatic carbocycles. The van der Waals surface area contributed by atoms with E-state index >= 15 is 0 Å². The van der Waals surface area contributed by atoms with Crippen LogP contribution >= 0.6 is 0 Å². The average Bonchev–Trinajstić information content (AvgIpc) is 2.51. The van der Waals surface area contributed by atoms with Gasteiger partial charge in [-0.05, 0) is 19.3 Å². The molecule has 0 aromatic rings. The summed E-state index contributed by atoms with van der Waals surface area (Å²) in [7, 11) is 0. The van der Waals surface area contributed by atoms with Gasteiger partial charge < -0.3 is 10.1 Å². The van der Waals surface area contributed by atoms with Crippen LogP contribution in [0.4, 0.5) is 8.78 Å². The number of hydrogen-bond donors (Lipinski definition) is 1. The van der Waals surface area contributed by atoms with Crippen LogP contribution in [0.5, 0.6) is 0 Å². The zero-order valence-electron chi connectivity index (χ0n) is 7.22. The van der Waals surface area contributed by atoms with Crippen molar-refractivity contribution in [1.82, 2.24) is 5.32 Å². The van der Waals surface area contributed by atoms with Crippen molar-refractivity contribution < 1.29 is 13.5 Å². The van der Waals surface area contributed by atoms with Gasteiger partial charge in [0, 0.05) is 12.6 Å². The highest BCUT2D eigenvalue weighted by atomic mass is 19.3. The second-order valence-corrected chi connectivity index (χ2v) is 3.21. The number of nitrogens with one attached hydrogen (secondary N) is 1. The Hall–Kier alpha value is -0.220. The zero-order valence-corrected chi connectivity index (χ0v) is 7.22. The van der Waals surface area contributed by atoms with Crippen LogP contribution in [0.3, 0.4) is 0 Å². The fourth-order valence-corrected chi connectivity index (χ4v) is 1.39. The lowest BCUT2D eigenvalue weighted by Crippen LogP contribution is -2.36. The van der Waals surface area contributed by atoms with Gasteiger partial charge in [0.15, 0.2) is 0 Å². The Labute approximate surface area is 71.3 Å². The van der Waals surface area contributed by atoms with Gasteiger partial charge in [-0.25, -0.2) is 8.78 Å². The first-order valence-corrected chi connectivity index (χ1v) is 4.29. The van der Waals surface area contributed by atoms with Gasteiger partial charge >= 0.3 is 0 Å². The third-order valence-corrected chi connectivity index (χ3v) is 2.27. The molecular formula is C8H15F2NO. The monoisotopic (exact) mass is 179 g/mol. The molecule has 0 bridgehead atoms. The van der Waals surface area contributed by atoms with Gasteiger partial charge in [0.25, 0.3) is 6.43 Å². The number of alkyl halides is 2. The van der Waals surface area contributed by atoms with Gasteiger partial charge in [0.1, 0.15) is 0 Å². The van der Waals surface area contributed by atoms with Gasteiger partial charge in [0.05, 0.1) is 13.2 Å². The second kappa shape index (κ2) is 4.72. The molecule has 1 aliphatic heterocycles. The minimum Gasteiger partial charge on any atom is -0.381 e. The van der Waals surface area contributed by atoms with Crippen molar-refractivity contribution >= 4 is 0 Å². The van der Waals surface area contributed by atoms with Crippen LogP contribution in [0.2, 0.25) is 0 Å². The van der Waals surface area contributed by atoms with E-state index in [9.17, 15) is 8.78 Å². The fraction of sp³-hybridized carbons (Fsp3) is 1.00. The highest BCUT2D eigenvalue weighted by Crippen LogP contribution is 2.16. The molecule has 2 atom stereocenters. The Morgan fingerprint density at radius 1 is 1.58 bits per heavy atom. The third kappa shape index (κ3) is 3.03. The van der Waals surface area contributed by atoms with Crippen molar-refractivity contribution in [1.29, 1.82) is 0 Å². The van der Waals surface area contributed by atoms with Crippen LogP contribution < -0.4 is 5.32 Å². The van der Waals surface area contributed by atoms with Gasteiger partial charge in [0.2, 0.25) is 0 Å². The molecule has 0 radical (unpaired) electrons. The third-order valence-electron chi connectivity index (χ3n) is 2.27.